The van der Waals surface area contributed by atoms with Crippen molar-refractivity contribution in [1.29, 1.82) is 0 Å². The van der Waals surface area contributed by atoms with Crippen molar-refractivity contribution in [3.05, 3.63) is 45.5 Å². The lowest BCUT2D eigenvalue weighted by Gasteiger charge is -2.32. The average molecular weight is 234 g/mol. The highest BCUT2D eigenvalue weighted by atomic mass is 32.1. The molecule has 0 aliphatic heterocycles. The molecule has 16 heavy (non-hydrogen) atoms. The fraction of sp³-hybridized carbons (Fsp3) is 0.385. The molecule has 2 aromatic heterocycles. The van der Waals surface area contributed by atoms with Gasteiger partial charge in [-0.05, 0) is 37.3 Å². The second kappa shape index (κ2) is 3.47. The van der Waals surface area contributed by atoms with E-state index in [1.165, 1.54) is 4.88 Å². The molecule has 0 saturated carbocycles. The van der Waals surface area contributed by atoms with Gasteiger partial charge in [0.1, 0.15) is 11.4 Å². The van der Waals surface area contributed by atoms with Crippen LogP contribution >= 0.6 is 11.3 Å². The first-order valence-electron chi connectivity index (χ1n) is 5.55. The van der Waals surface area contributed by atoms with Crippen LogP contribution < -0.4 is 0 Å². The molecule has 3 rings (SSSR count). The topological polar surface area (TPSA) is 33.4 Å². The summed E-state index contributed by atoms with van der Waals surface area (Å²) < 4.78 is 5.43. The summed E-state index contributed by atoms with van der Waals surface area (Å²) in [4.78, 5) is 1.19. The van der Waals surface area contributed by atoms with Crippen molar-refractivity contribution in [2.24, 2.45) is 0 Å². The maximum atomic E-state index is 10.9. The van der Waals surface area contributed by atoms with Crippen molar-refractivity contribution in [2.75, 3.05) is 0 Å². The van der Waals surface area contributed by atoms with Crippen molar-refractivity contribution in [3.63, 3.8) is 0 Å². The first-order chi connectivity index (χ1) is 7.72. The molecule has 1 N–H and O–H groups in total. The quantitative estimate of drug-likeness (QED) is 0.822. The van der Waals surface area contributed by atoms with E-state index in [-0.39, 0.29) is 0 Å². The van der Waals surface area contributed by atoms with E-state index in [4.69, 9.17) is 4.42 Å². The number of furan rings is 1. The van der Waals surface area contributed by atoms with Gasteiger partial charge in [0.25, 0.3) is 0 Å². The number of rotatable bonds is 1. The highest BCUT2D eigenvalue weighted by Gasteiger charge is 2.39. The molecule has 0 spiro atoms. The molecule has 2 nitrogen and oxygen atoms in total. The standard InChI is InChI=1S/C13H14O2S/c1-9-10(5-8-16-9)13(14)6-2-3-12-11(13)4-7-15-12/h4-5,7-8,14H,2-3,6H2,1H3. The molecule has 84 valence electrons. The zero-order valence-electron chi connectivity index (χ0n) is 9.19. The van der Waals surface area contributed by atoms with Gasteiger partial charge in [-0.3, -0.25) is 0 Å². The van der Waals surface area contributed by atoms with Crippen LogP contribution in [0.3, 0.4) is 0 Å². The molecular weight excluding hydrogens is 220 g/mol. The maximum Gasteiger partial charge on any atom is 0.119 e. The number of thiophene rings is 1. The minimum atomic E-state index is -0.829. The predicted octanol–water partition coefficient (Wildman–Crippen LogP) is 3.22. The van der Waals surface area contributed by atoms with Crippen LogP contribution in [0.2, 0.25) is 0 Å². The Morgan fingerprint density at radius 2 is 2.25 bits per heavy atom. The van der Waals surface area contributed by atoms with E-state index in [9.17, 15) is 5.11 Å². The third-order valence-electron chi connectivity index (χ3n) is 3.44. The van der Waals surface area contributed by atoms with Crippen LogP contribution in [0.25, 0.3) is 0 Å². The second-order valence-electron chi connectivity index (χ2n) is 4.36. The minimum absolute atomic E-state index is 0.789. The van der Waals surface area contributed by atoms with Crippen LogP contribution in [0.4, 0.5) is 0 Å². The van der Waals surface area contributed by atoms with Crippen LogP contribution in [0.5, 0.6) is 0 Å². The Balaban J connectivity index is 2.18. The molecular formula is C13H14O2S. The van der Waals surface area contributed by atoms with Crippen molar-refractivity contribution in [3.8, 4) is 0 Å². The van der Waals surface area contributed by atoms with Gasteiger partial charge in [-0.1, -0.05) is 0 Å². The first-order valence-corrected chi connectivity index (χ1v) is 6.43. The van der Waals surface area contributed by atoms with Gasteiger partial charge >= 0.3 is 0 Å². The summed E-state index contributed by atoms with van der Waals surface area (Å²) in [5.74, 6) is 0.944. The Kier molecular flexibility index (Phi) is 2.19. The number of hydrogen-bond donors (Lipinski definition) is 1. The average Bonchev–Trinajstić information content (AvgIpc) is 2.86. The maximum absolute atomic E-state index is 10.9. The zero-order valence-corrected chi connectivity index (χ0v) is 10.0. The summed E-state index contributed by atoms with van der Waals surface area (Å²) in [5, 5.41) is 12.9. The molecule has 2 heterocycles. The normalized spacial score (nSPS) is 24.4. The van der Waals surface area contributed by atoms with Gasteiger partial charge in [0, 0.05) is 22.4 Å². The monoisotopic (exact) mass is 234 g/mol. The van der Waals surface area contributed by atoms with Gasteiger partial charge in [-0.25, -0.2) is 0 Å². The van der Waals surface area contributed by atoms with Crippen LogP contribution in [0.15, 0.2) is 28.2 Å². The minimum Gasteiger partial charge on any atom is -0.469 e. The summed E-state index contributed by atoms with van der Waals surface area (Å²) in [7, 11) is 0. The zero-order chi connectivity index (χ0) is 11.2. The molecule has 1 aliphatic rings. The van der Waals surface area contributed by atoms with Gasteiger partial charge in [0.2, 0.25) is 0 Å². The van der Waals surface area contributed by atoms with Crippen molar-refractivity contribution >= 4 is 11.3 Å². The highest BCUT2D eigenvalue weighted by molar-refractivity contribution is 7.10. The lowest BCUT2D eigenvalue weighted by atomic mass is 9.78. The molecule has 0 radical (unpaired) electrons. The predicted molar refractivity (Wildman–Crippen MR) is 63.7 cm³/mol. The Morgan fingerprint density at radius 1 is 1.38 bits per heavy atom. The molecule has 0 saturated heterocycles. The Bertz CT molecular complexity index is 511. The van der Waals surface area contributed by atoms with Gasteiger partial charge in [-0.2, -0.15) is 0 Å². The largest absolute Gasteiger partial charge is 0.469 e. The third-order valence-corrected chi connectivity index (χ3v) is 4.28. The molecule has 1 unspecified atom stereocenters. The van der Waals surface area contributed by atoms with Gasteiger partial charge < -0.3 is 9.52 Å². The Labute approximate surface area is 98.5 Å². The molecule has 2 aromatic rings. The third kappa shape index (κ3) is 1.28. The summed E-state index contributed by atoms with van der Waals surface area (Å²) >= 11 is 1.68. The van der Waals surface area contributed by atoms with Crippen LogP contribution in [-0.4, -0.2) is 5.11 Å². The SMILES string of the molecule is Cc1sccc1C1(O)CCCc2occc21. The molecule has 0 amide bonds. The highest BCUT2D eigenvalue weighted by Crippen LogP contribution is 2.43. The summed E-state index contributed by atoms with van der Waals surface area (Å²) in [5.41, 5.74) is 1.17. The Hall–Kier alpha value is -1.06. The molecule has 1 atom stereocenters. The van der Waals surface area contributed by atoms with Crippen molar-refractivity contribution in [1.82, 2.24) is 0 Å². The molecule has 0 bridgehead atoms. The first kappa shape index (κ1) is 10.1. The van der Waals surface area contributed by atoms with Crippen molar-refractivity contribution in [2.45, 2.75) is 31.8 Å². The lowest BCUT2D eigenvalue weighted by molar-refractivity contribution is 0.0588. The van der Waals surface area contributed by atoms with Gasteiger partial charge in [0.15, 0.2) is 0 Å². The van der Waals surface area contributed by atoms with E-state index >= 15 is 0 Å². The fourth-order valence-electron chi connectivity index (χ4n) is 2.64. The van der Waals surface area contributed by atoms with Gasteiger partial charge in [0.05, 0.1) is 6.26 Å². The summed E-state index contributed by atoms with van der Waals surface area (Å²) in [6.45, 7) is 2.06. The van der Waals surface area contributed by atoms with Crippen LogP contribution in [-0.2, 0) is 12.0 Å². The number of aryl methyl sites for hydroxylation is 2. The number of hydrogen-bond acceptors (Lipinski definition) is 3. The van der Waals surface area contributed by atoms with E-state index < -0.39 is 5.60 Å². The second-order valence-corrected chi connectivity index (χ2v) is 5.48. The number of aliphatic hydroxyl groups is 1. The molecule has 3 heteroatoms. The number of fused-ring (bicyclic) bond motifs is 1. The molecule has 0 aromatic carbocycles. The summed E-state index contributed by atoms with van der Waals surface area (Å²) in [6.07, 6.45) is 4.39. The van der Waals surface area contributed by atoms with Crippen LogP contribution in [0.1, 0.15) is 34.6 Å². The van der Waals surface area contributed by atoms with E-state index in [1.807, 2.05) is 17.5 Å². The van der Waals surface area contributed by atoms with Crippen LogP contribution in [0, 0.1) is 6.92 Å². The smallest absolute Gasteiger partial charge is 0.119 e. The van der Waals surface area contributed by atoms with Crippen molar-refractivity contribution < 1.29 is 9.52 Å². The van der Waals surface area contributed by atoms with E-state index in [0.29, 0.717) is 0 Å². The van der Waals surface area contributed by atoms with E-state index in [1.54, 1.807) is 17.6 Å². The van der Waals surface area contributed by atoms with Gasteiger partial charge in [-0.15, -0.1) is 11.3 Å². The summed E-state index contributed by atoms with van der Waals surface area (Å²) in [6, 6.07) is 3.94. The fourth-order valence-corrected chi connectivity index (χ4v) is 3.41. The lowest BCUT2D eigenvalue weighted by Crippen LogP contribution is -2.31. The molecule has 1 aliphatic carbocycles. The molecule has 0 fully saturated rings. The Morgan fingerprint density at radius 3 is 3.00 bits per heavy atom. The van der Waals surface area contributed by atoms with E-state index in [2.05, 4.69) is 6.92 Å². The van der Waals surface area contributed by atoms with E-state index in [0.717, 1.165) is 36.1 Å².